The molecule has 0 aliphatic heterocycles. The average molecular weight is 184 g/mol. The molecule has 0 saturated carbocycles. The van der Waals surface area contributed by atoms with E-state index in [1.54, 1.807) is 19.6 Å². The molecular formula is C7H20O3S. The summed E-state index contributed by atoms with van der Waals surface area (Å²) >= 11 is -0.611. The first kappa shape index (κ1) is 17.4. The van der Waals surface area contributed by atoms with Crippen molar-refractivity contribution in [1.29, 1.82) is 0 Å². The van der Waals surface area contributed by atoms with Gasteiger partial charge >= 0.3 is 0 Å². The average Bonchev–Trinajstić information content (AvgIpc) is 1.63. The van der Waals surface area contributed by atoms with E-state index in [0.717, 1.165) is 0 Å². The zero-order valence-corrected chi connectivity index (χ0v) is 9.04. The monoisotopic (exact) mass is 184 g/mol. The molecule has 0 aromatic carbocycles. The van der Waals surface area contributed by atoms with E-state index in [2.05, 4.69) is 0 Å². The molecule has 4 heteroatoms. The Morgan fingerprint density at radius 1 is 1.18 bits per heavy atom. The van der Waals surface area contributed by atoms with Crippen molar-refractivity contribution in [3.63, 3.8) is 0 Å². The molecular weight excluding hydrogens is 164 g/mol. The van der Waals surface area contributed by atoms with Crippen LogP contribution in [0.2, 0.25) is 0 Å². The summed E-state index contributed by atoms with van der Waals surface area (Å²) in [5, 5.41) is 0. The molecule has 2 N–H and O–H groups in total. The topological polar surface area (TPSA) is 63.8 Å². The Bertz CT molecular complexity index is 65.8. The second kappa shape index (κ2) is 8.33. The largest absolute Gasteiger partial charge is 0.617 e. The van der Waals surface area contributed by atoms with Gasteiger partial charge in [-0.2, -0.15) is 0 Å². The van der Waals surface area contributed by atoms with Crippen molar-refractivity contribution in [1.82, 2.24) is 0 Å². The Morgan fingerprint density at radius 2 is 1.27 bits per heavy atom. The minimum absolute atomic E-state index is 0. The summed E-state index contributed by atoms with van der Waals surface area (Å²) in [7, 11) is 1.71. The van der Waals surface area contributed by atoms with Crippen LogP contribution in [-0.2, 0) is 15.9 Å². The highest BCUT2D eigenvalue weighted by atomic mass is 32.2. The molecule has 0 aliphatic rings. The van der Waals surface area contributed by atoms with E-state index in [4.69, 9.17) is 4.74 Å². The molecule has 0 saturated heterocycles. The van der Waals surface area contributed by atoms with Crippen molar-refractivity contribution in [2.24, 2.45) is 0 Å². The summed E-state index contributed by atoms with van der Waals surface area (Å²) in [6, 6.07) is 0. The lowest BCUT2D eigenvalue weighted by atomic mass is 10.2. The summed E-state index contributed by atoms with van der Waals surface area (Å²) in [6.45, 7) is 6.06. The lowest BCUT2D eigenvalue weighted by Gasteiger charge is -2.14. The Labute approximate surface area is 72.6 Å². The molecule has 0 fully saturated rings. The SMILES string of the molecule is COC(C)(C)C.C[S+](C)[O-].O. The van der Waals surface area contributed by atoms with Crippen molar-refractivity contribution in [3.8, 4) is 0 Å². The minimum Gasteiger partial charge on any atom is -0.617 e. The van der Waals surface area contributed by atoms with E-state index in [1.807, 2.05) is 20.8 Å². The van der Waals surface area contributed by atoms with Gasteiger partial charge in [0.15, 0.2) is 0 Å². The Morgan fingerprint density at radius 3 is 1.27 bits per heavy atom. The summed E-state index contributed by atoms with van der Waals surface area (Å²) in [5.41, 5.74) is 0.0417. The fraction of sp³-hybridized carbons (Fsp3) is 1.00. The molecule has 3 nitrogen and oxygen atoms in total. The summed E-state index contributed by atoms with van der Waals surface area (Å²) in [5.74, 6) is 0. The predicted molar refractivity (Wildman–Crippen MR) is 50.4 cm³/mol. The molecule has 0 amide bonds. The smallest absolute Gasteiger partial charge is 0.0946 e. The van der Waals surface area contributed by atoms with Crippen molar-refractivity contribution >= 4 is 11.2 Å². The zero-order valence-electron chi connectivity index (χ0n) is 8.22. The van der Waals surface area contributed by atoms with Crippen LogP contribution < -0.4 is 0 Å². The number of hydrogen-bond acceptors (Lipinski definition) is 2. The van der Waals surface area contributed by atoms with Gasteiger partial charge in [0.1, 0.15) is 0 Å². The van der Waals surface area contributed by atoms with Crippen molar-refractivity contribution in [2.75, 3.05) is 19.6 Å². The first-order chi connectivity index (χ1) is 4.29. The van der Waals surface area contributed by atoms with Crippen LogP contribution in [0.15, 0.2) is 0 Å². The molecule has 72 valence electrons. The molecule has 11 heavy (non-hydrogen) atoms. The maximum Gasteiger partial charge on any atom is 0.0946 e. The number of methoxy groups -OCH3 is 1. The Hall–Kier alpha value is 0.230. The molecule has 0 spiro atoms. The van der Waals surface area contributed by atoms with Crippen LogP contribution in [0.1, 0.15) is 20.8 Å². The fourth-order valence-electron chi connectivity index (χ4n) is 0. The van der Waals surface area contributed by atoms with Gasteiger partial charge < -0.3 is 14.8 Å². The molecule has 0 aliphatic carbocycles. The van der Waals surface area contributed by atoms with Crippen LogP contribution in [0.5, 0.6) is 0 Å². The summed E-state index contributed by atoms with van der Waals surface area (Å²) in [6.07, 6.45) is 3.28. The highest BCUT2D eigenvalue weighted by Gasteiger charge is 2.03. The molecule has 0 aromatic rings. The fourth-order valence-corrected chi connectivity index (χ4v) is 0. The maximum atomic E-state index is 9.56. The van der Waals surface area contributed by atoms with Crippen LogP contribution >= 0.6 is 0 Å². The van der Waals surface area contributed by atoms with E-state index in [0.29, 0.717) is 0 Å². The molecule has 0 rings (SSSR count). The predicted octanol–water partition coefficient (Wildman–Crippen LogP) is 0.601. The zero-order chi connectivity index (χ0) is 8.78. The van der Waals surface area contributed by atoms with Gasteiger partial charge in [0, 0.05) is 7.11 Å². The maximum absolute atomic E-state index is 9.56. The second-order valence-corrected chi connectivity index (χ2v) is 4.54. The first-order valence-electron chi connectivity index (χ1n) is 3.10. The Balaban J connectivity index is -0.000000114. The molecule has 0 unspecified atom stereocenters. The van der Waals surface area contributed by atoms with Gasteiger partial charge in [0.2, 0.25) is 0 Å². The molecule has 0 heterocycles. The minimum atomic E-state index is -0.611. The van der Waals surface area contributed by atoms with Gasteiger partial charge in [-0.25, -0.2) is 0 Å². The van der Waals surface area contributed by atoms with Crippen molar-refractivity contribution in [2.45, 2.75) is 26.4 Å². The molecule has 0 bridgehead atoms. The van der Waals surface area contributed by atoms with E-state index in [9.17, 15) is 4.55 Å². The van der Waals surface area contributed by atoms with Crippen molar-refractivity contribution < 1.29 is 14.8 Å². The van der Waals surface area contributed by atoms with Crippen LogP contribution in [0.3, 0.4) is 0 Å². The van der Waals surface area contributed by atoms with Crippen LogP contribution in [0.4, 0.5) is 0 Å². The van der Waals surface area contributed by atoms with Gasteiger partial charge in [-0.3, -0.25) is 0 Å². The highest BCUT2D eigenvalue weighted by molar-refractivity contribution is 7.89. The van der Waals surface area contributed by atoms with Gasteiger partial charge in [0.05, 0.1) is 18.1 Å². The molecule has 0 atom stereocenters. The van der Waals surface area contributed by atoms with E-state index in [1.165, 1.54) is 0 Å². The highest BCUT2D eigenvalue weighted by Crippen LogP contribution is 2.02. The third-order valence-electron chi connectivity index (χ3n) is 0.612. The summed E-state index contributed by atoms with van der Waals surface area (Å²) in [4.78, 5) is 0. The van der Waals surface area contributed by atoms with E-state index < -0.39 is 11.2 Å². The third-order valence-corrected chi connectivity index (χ3v) is 0.612. The lowest BCUT2D eigenvalue weighted by molar-refractivity contribution is 0.0397. The Kier molecular flexibility index (Phi) is 13.1. The standard InChI is InChI=1S/C5H12O.C2H6OS.H2O/c1-5(2,3)6-4;1-4(2)3;/h1-4H3;1-2H3;1H2. The van der Waals surface area contributed by atoms with E-state index >= 15 is 0 Å². The third kappa shape index (κ3) is 66.4. The van der Waals surface area contributed by atoms with Crippen molar-refractivity contribution in [3.05, 3.63) is 0 Å². The van der Waals surface area contributed by atoms with Gasteiger partial charge in [-0.1, -0.05) is 11.2 Å². The molecule has 0 aromatic heterocycles. The van der Waals surface area contributed by atoms with Gasteiger partial charge in [-0.05, 0) is 20.8 Å². The van der Waals surface area contributed by atoms with Crippen LogP contribution in [0, 0.1) is 0 Å². The number of rotatable bonds is 0. The van der Waals surface area contributed by atoms with Crippen LogP contribution in [0.25, 0.3) is 0 Å². The quantitative estimate of drug-likeness (QED) is 0.517. The molecule has 0 radical (unpaired) electrons. The number of hydrogen-bond donors (Lipinski definition) is 0. The van der Waals surface area contributed by atoms with E-state index in [-0.39, 0.29) is 11.1 Å². The lowest BCUT2D eigenvalue weighted by Crippen LogP contribution is -2.15. The van der Waals surface area contributed by atoms with Gasteiger partial charge in [0.25, 0.3) is 0 Å². The van der Waals surface area contributed by atoms with Gasteiger partial charge in [-0.15, -0.1) is 0 Å². The summed E-state index contributed by atoms with van der Waals surface area (Å²) < 4.78 is 14.5. The first-order valence-corrected chi connectivity index (χ1v) is 5.06. The second-order valence-electron chi connectivity index (χ2n) is 3.06. The normalized spacial score (nSPS) is 9.82. The number of ether oxygens (including phenoxy) is 1. The van der Waals surface area contributed by atoms with Crippen LogP contribution in [-0.4, -0.2) is 35.3 Å².